The van der Waals surface area contributed by atoms with Gasteiger partial charge >= 0.3 is 0 Å². The topological polar surface area (TPSA) is 61.4 Å². The van der Waals surface area contributed by atoms with Crippen LogP contribution in [-0.2, 0) is 0 Å². The van der Waals surface area contributed by atoms with Crippen LogP contribution in [0.2, 0.25) is 0 Å². The van der Waals surface area contributed by atoms with E-state index in [2.05, 4.69) is 10.6 Å². The van der Waals surface area contributed by atoms with E-state index in [0.717, 1.165) is 18.5 Å². The van der Waals surface area contributed by atoms with Crippen molar-refractivity contribution in [3.8, 4) is 5.75 Å². The largest absolute Gasteiger partial charge is 0.503 e. The molecule has 2 rings (SSSR count). The maximum atomic E-state index is 13.5. The van der Waals surface area contributed by atoms with Crippen molar-refractivity contribution in [2.75, 3.05) is 19.6 Å². The van der Waals surface area contributed by atoms with Crippen LogP contribution in [0.4, 0.5) is 13.2 Å². The van der Waals surface area contributed by atoms with Crippen molar-refractivity contribution in [3.63, 3.8) is 0 Å². The smallest absolute Gasteiger partial charge is 0.254 e. The van der Waals surface area contributed by atoms with Crippen molar-refractivity contribution >= 4 is 5.91 Å². The summed E-state index contributed by atoms with van der Waals surface area (Å²) in [6.07, 6.45) is 2.63. The monoisotopic (exact) mass is 286 g/mol. The van der Waals surface area contributed by atoms with Gasteiger partial charge < -0.3 is 15.7 Å². The standard InChI is InChI=1S/C13H13F3N2O2/c14-9-5-8(10(15)12(19)11(9)16)13(20)18-6-7-1-3-17-4-2-7/h1,5,17,19H,2-4,6H2,(H,18,20). The lowest BCUT2D eigenvalue weighted by molar-refractivity contribution is 0.0951. The molecule has 1 aromatic carbocycles. The van der Waals surface area contributed by atoms with Gasteiger partial charge in [0.05, 0.1) is 5.56 Å². The maximum Gasteiger partial charge on any atom is 0.254 e. The van der Waals surface area contributed by atoms with Crippen LogP contribution in [0.1, 0.15) is 16.8 Å². The maximum absolute atomic E-state index is 13.5. The Kier molecular flexibility index (Phi) is 4.29. The van der Waals surface area contributed by atoms with E-state index >= 15 is 0 Å². The Balaban J connectivity index is 2.11. The zero-order chi connectivity index (χ0) is 14.7. The number of hydrogen-bond acceptors (Lipinski definition) is 3. The Hall–Kier alpha value is -2.02. The van der Waals surface area contributed by atoms with Crippen LogP contribution in [0.15, 0.2) is 17.7 Å². The lowest BCUT2D eigenvalue weighted by atomic mass is 10.1. The van der Waals surface area contributed by atoms with Crippen molar-refractivity contribution in [2.24, 2.45) is 0 Å². The summed E-state index contributed by atoms with van der Waals surface area (Å²) in [7, 11) is 0. The summed E-state index contributed by atoms with van der Waals surface area (Å²) in [4.78, 5) is 11.7. The molecule has 0 spiro atoms. The Labute approximate surface area is 113 Å². The first-order valence-electron chi connectivity index (χ1n) is 6.04. The van der Waals surface area contributed by atoms with E-state index in [1.165, 1.54) is 0 Å². The van der Waals surface area contributed by atoms with Crippen molar-refractivity contribution in [2.45, 2.75) is 6.42 Å². The van der Waals surface area contributed by atoms with Gasteiger partial charge in [0.1, 0.15) is 0 Å². The van der Waals surface area contributed by atoms with Crippen molar-refractivity contribution in [1.29, 1.82) is 0 Å². The van der Waals surface area contributed by atoms with Gasteiger partial charge in [0.15, 0.2) is 17.4 Å². The Bertz CT molecular complexity index is 573. The van der Waals surface area contributed by atoms with Crippen molar-refractivity contribution in [3.05, 3.63) is 40.7 Å². The molecule has 0 unspecified atom stereocenters. The quantitative estimate of drug-likeness (QED) is 0.582. The predicted octanol–water partition coefficient (Wildman–Crippen LogP) is 1.46. The second-order valence-electron chi connectivity index (χ2n) is 4.38. The minimum absolute atomic E-state index is 0.194. The van der Waals surface area contributed by atoms with Gasteiger partial charge in [-0.3, -0.25) is 4.79 Å². The molecule has 1 amide bonds. The number of carbonyl (C=O) groups is 1. The minimum atomic E-state index is -1.71. The van der Waals surface area contributed by atoms with E-state index in [9.17, 15) is 18.0 Å². The summed E-state index contributed by atoms with van der Waals surface area (Å²) in [5, 5.41) is 14.5. The molecule has 1 heterocycles. The van der Waals surface area contributed by atoms with Gasteiger partial charge in [-0.25, -0.2) is 8.78 Å². The summed E-state index contributed by atoms with van der Waals surface area (Å²) >= 11 is 0. The molecule has 0 aliphatic carbocycles. The molecule has 1 aliphatic rings. The molecule has 0 bridgehead atoms. The normalized spacial score (nSPS) is 14.8. The first-order valence-corrected chi connectivity index (χ1v) is 6.04. The van der Waals surface area contributed by atoms with Crippen LogP contribution in [0.3, 0.4) is 0 Å². The summed E-state index contributed by atoms with van der Waals surface area (Å²) in [6, 6.07) is 0.427. The van der Waals surface area contributed by atoms with Crippen LogP contribution < -0.4 is 10.6 Å². The van der Waals surface area contributed by atoms with Gasteiger partial charge in [0.25, 0.3) is 5.91 Å². The minimum Gasteiger partial charge on any atom is -0.503 e. The molecular formula is C13H13F3N2O2. The molecule has 108 valence electrons. The number of benzene rings is 1. The van der Waals surface area contributed by atoms with E-state index in [0.29, 0.717) is 12.6 Å². The molecule has 20 heavy (non-hydrogen) atoms. The van der Waals surface area contributed by atoms with Gasteiger partial charge in [-0.2, -0.15) is 4.39 Å². The second-order valence-corrected chi connectivity index (χ2v) is 4.38. The lowest BCUT2D eigenvalue weighted by Gasteiger charge is -2.15. The Morgan fingerprint density at radius 2 is 2.10 bits per heavy atom. The van der Waals surface area contributed by atoms with E-state index in [1.807, 2.05) is 6.08 Å². The van der Waals surface area contributed by atoms with Crippen LogP contribution >= 0.6 is 0 Å². The van der Waals surface area contributed by atoms with Crippen LogP contribution in [0.5, 0.6) is 5.75 Å². The molecule has 0 saturated carbocycles. The van der Waals surface area contributed by atoms with E-state index < -0.39 is 34.7 Å². The highest BCUT2D eigenvalue weighted by Crippen LogP contribution is 2.25. The van der Waals surface area contributed by atoms with Gasteiger partial charge in [-0.05, 0) is 19.0 Å². The number of carbonyl (C=O) groups excluding carboxylic acids is 1. The van der Waals surface area contributed by atoms with Gasteiger partial charge in [0, 0.05) is 13.1 Å². The molecule has 3 N–H and O–H groups in total. The van der Waals surface area contributed by atoms with Gasteiger partial charge in [-0.1, -0.05) is 11.6 Å². The van der Waals surface area contributed by atoms with Gasteiger partial charge in [-0.15, -0.1) is 0 Å². The third-order valence-corrected chi connectivity index (χ3v) is 3.01. The fourth-order valence-corrected chi connectivity index (χ4v) is 1.87. The third kappa shape index (κ3) is 2.93. The molecule has 1 aromatic rings. The average Bonchev–Trinajstić information content (AvgIpc) is 2.47. The van der Waals surface area contributed by atoms with E-state index in [4.69, 9.17) is 5.11 Å². The number of phenolic OH excluding ortho intramolecular Hbond substituents is 1. The van der Waals surface area contributed by atoms with Crippen LogP contribution in [-0.4, -0.2) is 30.6 Å². The highest BCUT2D eigenvalue weighted by atomic mass is 19.2. The fraction of sp³-hybridized carbons (Fsp3) is 0.308. The number of amides is 1. The second kappa shape index (κ2) is 5.96. The van der Waals surface area contributed by atoms with Crippen molar-refractivity contribution in [1.82, 2.24) is 10.6 Å². The summed E-state index contributed by atoms with van der Waals surface area (Å²) in [5.74, 6) is -7.05. The van der Waals surface area contributed by atoms with Crippen LogP contribution in [0.25, 0.3) is 0 Å². The first kappa shape index (κ1) is 14.4. The molecule has 0 radical (unpaired) electrons. The Morgan fingerprint density at radius 3 is 2.75 bits per heavy atom. The van der Waals surface area contributed by atoms with E-state index in [1.54, 1.807) is 0 Å². The highest BCUT2D eigenvalue weighted by Gasteiger charge is 2.22. The highest BCUT2D eigenvalue weighted by molar-refractivity contribution is 5.95. The number of hydrogen-bond donors (Lipinski definition) is 3. The summed E-state index contributed by atoms with van der Waals surface area (Å²) in [5.41, 5.74) is 0.236. The average molecular weight is 286 g/mol. The third-order valence-electron chi connectivity index (χ3n) is 3.01. The molecule has 0 aromatic heterocycles. The SMILES string of the molecule is O=C(NCC1=CCNCC1)c1cc(F)c(F)c(O)c1F. The first-order chi connectivity index (χ1) is 9.50. The van der Waals surface area contributed by atoms with Gasteiger partial charge in [0.2, 0.25) is 5.82 Å². The molecule has 7 heteroatoms. The van der Waals surface area contributed by atoms with Crippen LogP contribution in [0, 0.1) is 17.5 Å². The number of nitrogens with one attached hydrogen (secondary N) is 2. The zero-order valence-electron chi connectivity index (χ0n) is 10.5. The van der Waals surface area contributed by atoms with Crippen molar-refractivity contribution < 1.29 is 23.1 Å². The zero-order valence-corrected chi connectivity index (χ0v) is 10.5. The number of phenols is 1. The number of rotatable bonds is 3. The number of aromatic hydroxyl groups is 1. The Morgan fingerprint density at radius 1 is 1.35 bits per heavy atom. The molecule has 0 fully saturated rings. The molecule has 1 aliphatic heterocycles. The number of halogens is 3. The summed E-state index contributed by atoms with van der Waals surface area (Å²) < 4.78 is 39.5. The molecule has 0 saturated heterocycles. The lowest BCUT2D eigenvalue weighted by Crippen LogP contribution is -2.30. The molecule has 0 atom stereocenters. The van der Waals surface area contributed by atoms with E-state index in [-0.39, 0.29) is 6.54 Å². The molecule has 4 nitrogen and oxygen atoms in total. The summed E-state index contributed by atoms with van der Waals surface area (Å²) in [6.45, 7) is 1.66. The predicted molar refractivity (Wildman–Crippen MR) is 65.9 cm³/mol. The molecular weight excluding hydrogens is 273 g/mol. The fourth-order valence-electron chi connectivity index (χ4n) is 1.87.